The van der Waals surface area contributed by atoms with Gasteiger partial charge in [0.05, 0.1) is 16.9 Å². The highest BCUT2D eigenvalue weighted by Gasteiger charge is 2.13. The zero-order chi connectivity index (χ0) is 28.2. The minimum Gasteiger partial charge on any atom is -0.378 e. The number of hydrogen-bond donors (Lipinski definition) is 3. The van der Waals surface area contributed by atoms with Gasteiger partial charge in [-0.05, 0) is 91.3 Å². The molecule has 1 aromatic heterocycles. The van der Waals surface area contributed by atoms with E-state index in [0.29, 0.717) is 16.0 Å². The number of carbonyl (C=O) groups is 1. The minimum atomic E-state index is -0.187. The summed E-state index contributed by atoms with van der Waals surface area (Å²) in [6, 6.07) is 31.5. The molecule has 5 aromatic rings. The van der Waals surface area contributed by atoms with Crippen LogP contribution in [0, 0.1) is 18.6 Å². The van der Waals surface area contributed by atoms with Crippen LogP contribution in [0.25, 0.3) is 22.5 Å². The number of aryl methyl sites for hydroxylation is 1. The summed E-state index contributed by atoms with van der Waals surface area (Å²) in [4.78, 5) is 23.0. The van der Waals surface area contributed by atoms with Gasteiger partial charge in [-0.1, -0.05) is 48.5 Å². The monoisotopic (exact) mass is 545 g/mol. The van der Waals surface area contributed by atoms with Gasteiger partial charge >= 0.3 is 0 Å². The summed E-state index contributed by atoms with van der Waals surface area (Å²) in [6.07, 6.45) is 0. The Bertz CT molecular complexity index is 1720. The Morgan fingerprint density at radius 2 is 1.50 bits per heavy atom. The molecule has 6 nitrogen and oxygen atoms in total. The van der Waals surface area contributed by atoms with E-state index in [2.05, 4.69) is 57.5 Å². The van der Waals surface area contributed by atoms with Crippen molar-refractivity contribution in [2.24, 2.45) is 0 Å². The van der Waals surface area contributed by atoms with E-state index < -0.39 is 0 Å². The second-order valence-corrected chi connectivity index (χ2v) is 10.3. The number of aromatic amines is 1. The van der Waals surface area contributed by atoms with Crippen molar-refractivity contribution in [1.82, 2.24) is 9.97 Å². The normalized spacial score (nSPS) is 10.7. The lowest BCUT2D eigenvalue weighted by Gasteiger charge is -2.15. The van der Waals surface area contributed by atoms with Crippen molar-refractivity contribution < 1.29 is 4.79 Å². The molecular formula is C33H31N5OS. The van der Waals surface area contributed by atoms with Crippen molar-refractivity contribution in [2.45, 2.75) is 13.8 Å². The predicted octanol–water partition coefficient (Wildman–Crippen LogP) is 8.15. The van der Waals surface area contributed by atoms with Crippen LogP contribution in [-0.2, 0) is 0 Å². The quantitative estimate of drug-likeness (QED) is 0.180. The summed E-state index contributed by atoms with van der Waals surface area (Å²) >= 11 is 5.43. The Balaban J connectivity index is 1.34. The fraction of sp³-hybridized carbons (Fsp3) is 0.121. The Labute approximate surface area is 239 Å². The average molecular weight is 546 g/mol. The second-order valence-electron chi connectivity index (χ2n) is 9.88. The average Bonchev–Trinajstić information content (AvgIpc) is 2.96. The number of hydrogen-bond acceptors (Lipinski definition) is 5. The number of rotatable bonds is 7. The van der Waals surface area contributed by atoms with Gasteiger partial charge in [0.2, 0.25) is 0 Å². The van der Waals surface area contributed by atoms with Crippen LogP contribution in [0.15, 0.2) is 97.1 Å². The Hall–Kier alpha value is -4.75. The molecule has 0 unspecified atom stereocenters. The zero-order valence-corrected chi connectivity index (χ0v) is 23.8. The molecule has 1 amide bonds. The highest BCUT2D eigenvalue weighted by Crippen LogP contribution is 2.28. The molecule has 0 aliphatic rings. The maximum atomic E-state index is 13.3. The first kappa shape index (κ1) is 26.8. The molecule has 0 bridgehead atoms. The maximum absolute atomic E-state index is 13.3. The fourth-order valence-corrected chi connectivity index (χ4v) is 4.65. The predicted molar refractivity (Wildman–Crippen MR) is 168 cm³/mol. The lowest BCUT2D eigenvalue weighted by atomic mass is 10.1. The molecule has 7 heteroatoms. The highest BCUT2D eigenvalue weighted by molar-refractivity contribution is 7.71. The van der Waals surface area contributed by atoms with Gasteiger partial charge in [0.15, 0.2) is 4.77 Å². The van der Waals surface area contributed by atoms with E-state index in [4.69, 9.17) is 12.2 Å². The molecular weight excluding hydrogens is 514 g/mol. The van der Waals surface area contributed by atoms with Gasteiger partial charge in [0.1, 0.15) is 0 Å². The summed E-state index contributed by atoms with van der Waals surface area (Å²) in [5.41, 5.74) is 10.0. The first-order valence-electron chi connectivity index (χ1n) is 13.0. The Morgan fingerprint density at radius 3 is 2.23 bits per heavy atom. The third kappa shape index (κ3) is 5.95. The molecule has 0 aliphatic heterocycles. The van der Waals surface area contributed by atoms with Crippen LogP contribution >= 0.6 is 12.2 Å². The number of nitrogens with zero attached hydrogens (tertiary/aromatic N) is 2. The molecule has 1 heterocycles. The maximum Gasteiger partial charge on any atom is 0.257 e. The van der Waals surface area contributed by atoms with Gasteiger partial charge in [-0.2, -0.15) is 0 Å². The van der Waals surface area contributed by atoms with Crippen LogP contribution < -0.4 is 15.5 Å². The van der Waals surface area contributed by atoms with Crippen molar-refractivity contribution in [3.05, 3.63) is 119 Å². The summed E-state index contributed by atoms with van der Waals surface area (Å²) in [6.45, 7) is 4.14. The van der Waals surface area contributed by atoms with Crippen LogP contribution in [0.3, 0.4) is 0 Å². The first-order chi connectivity index (χ1) is 19.3. The van der Waals surface area contributed by atoms with Crippen LogP contribution in [0.4, 0.5) is 22.7 Å². The van der Waals surface area contributed by atoms with E-state index in [1.807, 2.05) is 93.0 Å². The van der Waals surface area contributed by atoms with Crippen molar-refractivity contribution in [2.75, 3.05) is 29.6 Å². The van der Waals surface area contributed by atoms with E-state index in [1.165, 1.54) is 5.56 Å². The van der Waals surface area contributed by atoms with Gasteiger partial charge in [0.25, 0.3) is 5.91 Å². The summed E-state index contributed by atoms with van der Waals surface area (Å²) < 4.78 is 0.412. The summed E-state index contributed by atoms with van der Waals surface area (Å²) in [7, 11) is 4.02. The number of nitrogens with one attached hydrogen (secondary N) is 3. The number of benzene rings is 4. The molecule has 0 saturated heterocycles. The van der Waals surface area contributed by atoms with Crippen LogP contribution in [-0.4, -0.2) is 30.0 Å². The van der Waals surface area contributed by atoms with Crippen LogP contribution in [0.2, 0.25) is 0 Å². The number of para-hydroxylation sites is 1. The first-order valence-corrected chi connectivity index (χ1v) is 13.4. The lowest BCUT2D eigenvalue weighted by Crippen LogP contribution is -2.14. The highest BCUT2D eigenvalue weighted by atomic mass is 32.1. The Kier molecular flexibility index (Phi) is 7.75. The molecule has 0 fully saturated rings. The minimum absolute atomic E-state index is 0.187. The lowest BCUT2D eigenvalue weighted by molar-refractivity contribution is 0.102. The van der Waals surface area contributed by atoms with E-state index >= 15 is 0 Å². The van der Waals surface area contributed by atoms with Crippen LogP contribution in [0.1, 0.15) is 21.5 Å². The fourth-order valence-electron chi connectivity index (χ4n) is 4.44. The molecule has 4 aromatic carbocycles. The Morgan fingerprint density at radius 1 is 0.825 bits per heavy atom. The van der Waals surface area contributed by atoms with Gasteiger partial charge in [-0.3, -0.25) is 4.79 Å². The number of H-pyrrole nitrogens is 1. The number of amides is 1. The molecule has 0 spiro atoms. The number of carbonyl (C=O) groups excluding carboxylic acids is 1. The zero-order valence-electron chi connectivity index (χ0n) is 22.9. The topological polar surface area (TPSA) is 73.1 Å². The molecule has 3 N–H and O–H groups in total. The SMILES string of the molecule is Cc1cccc(Nc2ccccc2C(=O)Nc2ccc(-c3cc(-c4ccc(N(C)C)cc4)nc(=S)[nH]3)cc2)c1C. The third-order valence-electron chi connectivity index (χ3n) is 6.92. The largest absolute Gasteiger partial charge is 0.378 e. The second kappa shape index (κ2) is 11.6. The van der Waals surface area contributed by atoms with Gasteiger partial charge in [-0.25, -0.2) is 4.98 Å². The van der Waals surface area contributed by atoms with E-state index in [-0.39, 0.29) is 5.91 Å². The number of aromatic nitrogens is 2. The van der Waals surface area contributed by atoms with Crippen molar-refractivity contribution >= 4 is 40.9 Å². The van der Waals surface area contributed by atoms with E-state index in [1.54, 1.807) is 0 Å². The van der Waals surface area contributed by atoms with Gasteiger partial charge < -0.3 is 20.5 Å². The third-order valence-corrected chi connectivity index (χ3v) is 7.12. The van der Waals surface area contributed by atoms with Crippen LogP contribution in [0.5, 0.6) is 0 Å². The van der Waals surface area contributed by atoms with Crippen molar-refractivity contribution in [1.29, 1.82) is 0 Å². The van der Waals surface area contributed by atoms with Crippen molar-refractivity contribution in [3.63, 3.8) is 0 Å². The summed E-state index contributed by atoms with van der Waals surface area (Å²) in [5.74, 6) is -0.187. The smallest absolute Gasteiger partial charge is 0.257 e. The molecule has 0 saturated carbocycles. The van der Waals surface area contributed by atoms with E-state index in [0.717, 1.165) is 45.1 Å². The van der Waals surface area contributed by atoms with Gasteiger partial charge in [0, 0.05) is 42.4 Å². The molecule has 0 radical (unpaired) electrons. The molecule has 5 rings (SSSR count). The molecule has 0 aliphatic carbocycles. The van der Waals surface area contributed by atoms with E-state index in [9.17, 15) is 4.79 Å². The molecule has 200 valence electrons. The standard InChI is InChI=1S/C33H31N5OS/c1-21-8-7-11-28(22(21)2)35-29-10-6-5-9-27(29)32(39)34-25-16-12-23(13-17-25)30-20-31(37-33(40)36-30)24-14-18-26(19-15-24)38(3)4/h5-20,35H,1-4H3,(H,34,39)(H,36,37,40). The number of anilines is 4. The molecule has 0 atom stereocenters. The van der Waals surface area contributed by atoms with Crippen molar-refractivity contribution in [3.8, 4) is 22.5 Å². The summed E-state index contributed by atoms with van der Waals surface area (Å²) in [5, 5.41) is 6.45. The molecule has 40 heavy (non-hydrogen) atoms. The van der Waals surface area contributed by atoms with Gasteiger partial charge in [-0.15, -0.1) is 0 Å².